The van der Waals surface area contributed by atoms with E-state index >= 15 is 0 Å². The zero-order valence-electron chi connectivity index (χ0n) is 11.3. The molecule has 0 saturated carbocycles. The van der Waals surface area contributed by atoms with Crippen molar-refractivity contribution in [3.63, 3.8) is 0 Å². The zero-order chi connectivity index (χ0) is 13.3. The summed E-state index contributed by atoms with van der Waals surface area (Å²) in [6, 6.07) is 9.41. The SMILES string of the molecule is CC(C)(C)CS(=O)(=O)C(C)(C)c1ccccc1. The predicted octanol–water partition coefficient (Wildman–Crippen LogP) is 3.38. The van der Waals surface area contributed by atoms with Gasteiger partial charge in [-0.1, -0.05) is 51.1 Å². The van der Waals surface area contributed by atoms with Crippen LogP contribution in [0.4, 0.5) is 0 Å². The van der Waals surface area contributed by atoms with Gasteiger partial charge in [-0.15, -0.1) is 0 Å². The van der Waals surface area contributed by atoms with Crippen LogP contribution in [-0.4, -0.2) is 14.2 Å². The van der Waals surface area contributed by atoms with Crippen LogP contribution in [0.3, 0.4) is 0 Å². The van der Waals surface area contributed by atoms with Gasteiger partial charge in [0.05, 0.1) is 10.5 Å². The number of hydrogen-bond acceptors (Lipinski definition) is 2. The smallest absolute Gasteiger partial charge is 0.160 e. The molecule has 17 heavy (non-hydrogen) atoms. The Morgan fingerprint density at radius 1 is 0.941 bits per heavy atom. The average Bonchev–Trinajstić information content (AvgIpc) is 2.15. The lowest BCUT2D eigenvalue weighted by Gasteiger charge is -2.29. The first-order chi connectivity index (χ1) is 7.56. The van der Waals surface area contributed by atoms with E-state index in [1.165, 1.54) is 0 Å². The van der Waals surface area contributed by atoms with Crippen LogP contribution in [0.1, 0.15) is 40.2 Å². The van der Waals surface area contributed by atoms with E-state index in [1.807, 2.05) is 51.1 Å². The molecule has 96 valence electrons. The highest BCUT2D eigenvalue weighted by Crippen LogP contribution is 2.33. The van der Waals surface area contributed by atoms with Gasteiger partial charge in [-0.05, 0) is 24.8 Å². The molecular formula is C14H22O2S. The highest BCUT2D eigenvalue weighted by Gasteiger charge is 2.38. The molecular weight excluding hydrogens is 232 g/mol. The third kappa shape index (κ3) is 3.32. The molecule has 0 unspecified atom stereocenters. The van der Waals surface area contributed by atoms with Gasteiger partial charge in [0, 0.05) is 0 Å². The van der Waals surface area contributed by atoms with Crippen LogP contribution in [0, 0.1) is 5.41 Å². The first kappa shape index (κ1) is 14.2. The Hall–Kier alpha value is -0.830. The van der Waals surface area contributed by atoms with Gasteiger partial charge in [0.2, 0.25) is 0 Å². The van der Waals surface area contributed by atoms with Gasteiger partial charge < -0.3 is 0 Å². The van der Waals surface area contributed by atoms with Gasteiger partial charge in [0.15, 0.2) is 9.84 Å². The summed E-state index contributed by atoms with van der Waals surface area (Å²) in [5, 5.41) is 0. The van der Waals surface area contributed by atoms with Crippen LogP contribution in [0.5, 0.6) is 0 Å². The standard InChI is InChI=1S/C14H22O2S/c1-13(2,3)11-17(15,16)14(4,5)12-9-7-6-8-10-12/h6-10H,11H2,1-5H3. The van der Waals surface area contributed by atoms with Gasteiger partial charge >= 0.3 is 0 Å². The second-order valence-electron chi connectivity index (χ2n) is 6.20. The fraction of sp³-hybridized carbons (Fsp3) is 0.571. The molecule has 1 rings (SSSR count). The van der Waals surface area contributed by atoms with Gasteiger partial charge in [-0.3, -0.25) is 0 Å². The second kappa shape index (κ2) is 4.45. The fourth-order valence-electron chi connectivity index (χ4n) is 1.77. The topological polar surface area (TPSA) is 34.1 Å². The van der Waals surface area contributed by atoms with Gasteiger partial charge in [-0.2, -0.15) is 0 Å². The molecule has 0 spiro atoms. The molecule has 0 radical (unpaired) electrons. The largest absolute Gasteiger partial charge is 0.228 e. The normalized spacial score (nSPS) is 13.7. The van der Waals surface area contributed by atoms with Crippen molar-refractivity contribution in [3.8, 4) is 0 Å². The lowest BCUT2D eigenvalue weighted by molar-refractivity contribution is 0.451. The van der Waals surface area contributed by atoms with Crippen molar-refractivity contribution in [1.29, 1.82) is 0 Å². The molecule has 0 aromatic heterocycles. The maximum absolute atomic E-state index is 12.5. The highest BCUT2D eigenvalue weighted by molar-refractivity contribution is 7.92. The van der Waals surface area contributed by atoms with Crippen LogP contribution in [0.15, 0.2) is 30.3 Å². The van der Waals surface area contributed by atoms with Crippen molar-refractivity contribution >= 4 is 9.84 Å². The molecule has 1 aromatic rings. The number of sulfone groups is 1. The first-order valence-corrected chi connectivity index (χ1v) is 7.49. The Balaban J connectivity index is 3.15. The van der Waals surface area contributed by atoms with Gasteiger partial charge in [0.25, 0.3) is 0 Å². The molecule has 0 heterocycles. The van der Waals surface area contributed by atoms with Crippen LogP contribution in [0.25, 0.3) is 0 Å². The Morgan fingerprint density at radius 2 is 1.41 bits per heavy atom. The fourth-order valence-corrected chi connectivity index (χ4v) is 3.77. The number of hydrogen-bond donors (Lipinski definition) is 0. The Kier molecular flexibility index (Phi) is 3.72. The van der Waals surface area contributed by atoms with Gasteiger partial charge in [-0.25, -0.2) is 8.42 Å². The molecule has 0 aliphatic carbocycles. The molecule has 0 saturated heterocycles. The predicted molar refractivity (Wildman–Crippen MR) is 72.7 cm³/mol. The third-order valence-electron chi connectivity index (χ3n) is 2.87. The Labute approximate surface area is 105 Å². The molecule has 2 nitrogen and oxygen atoms in total. The van der Waals surface area contributed by atoms with Crippen LogP contribution in [-0.2, 0) is 14.6 Å². The molecule has 0 bridgehead atoms. The summed E-state index contributed by atoms with van der Waals surface area (Å²) in [5.74, 6) is 0.196. The summed E-state index contributed by atoms with van der Waals surface area (Å²) in [4.78, 5) is 0. The maximum Gasteiger partial charge on any atom is 0.160 e. The van der Waals surface area contributed by atoms with E-state index in [0.29, 0.717) is 0 Å². The van der Waals surface area contributed by atoms with Crippen molar-refractivity contribution in [2.45, 2.75) is 39.4 Å². The highest BCUT2D eigenvalue weighted by atomic mass is 32.2. The van der Waals surface area contributed by atoms with Crippen LogP contribution < -0.4 is 0 Å². The number of benzene rings is 1. The molecule has 0 N–H and O–H groups in total. The third-order valence-corrected chi connectivity index (χ3v) is 5.91. The summed E-state index contributed by atoms with van der Waals surface area (Å²) in [7, 11) is -3.17. The summed E-state index contributed by atoms with van der Waals surface area (Å²) in [5.41, 5.74) is 0.634. The quantitative estimate of drug-likeness (QED) is 0.828. The van der Waals surface area contributed by atoms with Crippen LogP contribution >= 0.6 is 0 Å². The first-order valence-electron chi connectivity index (χ1n) is 5.84. The minimum Gasteiger partial charge on any atom is -0.228 e. The average molecular weight is 254 g/mol. The van der Waals surface area contributed by atoms with E-state index in [2.05, 4.69) is 0 Å². The van der Waals surface area contributed by atoms with E-state index in [0.717, 1.165) is 5.56 Å². The second-order valence-corrected chi connectivity index (χ2v) is 8.73. The Morgan fingerprint density at radius 3 is 1.82 bits per heavy atom. The van der Waals surface area contributed by atoms with Crippen molar-refractivity contribution in [2.75, 3.05) is 5.75 Å². The summed E-state index contributed by atoms with van der Waals surface area (Å²) in [6.07, 6.45) is 0. The maximum atomic E-state index is 12.5. The summed E-state index contributed by atoms with van der Waals surface area (Å²) >= 11 is 0. The molecule has 1 aromatic carbocycles. The minimum atomic E-state index is -3.17. The molecule has 3 heteroatoms. The molecule has 0 fully saturated rings. The van der Waals surface area contributed by atoms with Gasteiger partial charge in [0.1, 0.15) is 0 Å². The van der Waals surface area contributed by atoms with E-state index < -0.39 is 14.6 Å². The summed E-state index contributed by atoms with van der Waals surface area (Å²) in [6.45, 7) is 9.41. The molecule has 0 aliphatic rings. The minimum absolute atomic E-state index is 0.196. The lowest BCUT2D eigenvalue weighted by atomic mass is 10.0. The summed E-state index contributed by atoms with van der Waals surface area (Å²) < 4.78 is 24.1. The van der Waals surface area contributed by atoms with Crippen molar-refractivity contribution in [2.24, 2.45) is 5.41 Å². The van der Waals surface area contributed by atoms with E-state index in [4.69, 9.17) is 0 Å². The van der Waals surface area contributed by atoms with Crippen molar-refractivity contribution in [1.82, 2.24) is 0 Å². The lowest BCUT2D eigenvalue weighted by Crippen LogP contribution is -2.35. The molecule has 0 atom stereocenters. The van der Waals surface area contributed by atoms with E-state index in [-0.39, 0.29) is 11.2 Å². The zero-order valence-corrected chi connectivity index (χ0v) is 12.1. The van der Waals surface area contributed by atoms with E-state index in [1.54, 1.807) is 13.8 Å². The monoisotopic (exact) mass is 254 g/mol. The van der Waals surface area contributed by atoms with Crippen molar-refractivity contribution < 1.29 is 8.42 Å². The number of rotatable bonds is 3. The van der Waals surface area contributed by atoms with E-state index in [9.17, 15) is 8.42 Å². The molecule has 0 aliphatic heterocycles. The van der Waals surface area contributed by atoms with Crippen LogP contribution in [0.2, 0.25) is 0 Å². The Bertz CT molecular complexity index is 465. The molecule has 0 amide bonds. The van der Waals surface area contributed by atoms with Crippen molar-refractivity contribution in [3.05, 3.63) is 35.9 Å².